The summed E-state index contributed by atoms with van der Waals surface area (Å²) in [5.74, 6) is 0.722. The molecule has 0 saturated carbocycles. The Morgan fingerprint density at radius 1 is 1.27 bits per heavy atom. The zero-order valence-electron chi connectivity index (χ0n) is 9.00. The number of nitrogens with one attached hydrogen (secondary N) is 2. The van der Waals surface area contributed by atoms with Gasteiger partial charge >= 0.3 is 0 Å². The van der Waals surface area contributed by atoms with E-state index in [1.54, 1.807) is 0 Å². The summed E-state index contributed by atoms with van der Waals surface area (Å²) in [6, 6.07) is 11.1. The van der Waals surface area contributed by atoms with Crippen LogP contribution in [0.5, 0.6) is 0 Å². The third kappa shape index (κ3) is 3.08. The second kappa shape index (κ2) is 4.96. The number of benzene rings is 1. The predicted molar refractivity (Wildman–Crippen MR) is 63.3 cm³/mol. The van der Waals surface area contributed by atoms with Crippen molar-refractivity contribution >= 4 is 5.84 Å². The van der Waals surface area contributed by atoms with Gasteiger partial charge in [-0.05, 0) is 31.2 Å². The Hall–Kier alpha value is -1.31. The Labute approximate surface area is 91.2 Å². The molecule has 1 unspecified atom stereocenters. The van der Waals surface area contributed by atoms with Gasteiger partial charge in [0, 0.05) is 12.5 Å². The molecular weight excluding hydrogens is 184 g/mol. The molecule has 1 atom stereocenters. The molecule has 2 rings (SSSR count). The maximum atomic E-state index is 7.59. The molecule has 2 nitrogen and oxygen atoms in total. The van der Waals surface area contributed by atoms with Gasteiger partial charge in [0.15, 0.2) is 0 Å². The lowest BCUT2D eigenvalue weighted by molar-refractivity contribution is 0.474. The minimum Gasteiger partial charge on any atom is -0.371 e. The van der Waals surface area contributed by atoms with Crippen molar-refractivity contribution in [1.82, 2.24) is 5.32 Å². The van der Waals surface area contributed by atoms with Crippen LogP contribution in [0, 0.1) is 5.41 Å². The van der Waals surface area contributed by atoms with Gasteiger partial charge in [-0.3, -0.25) is 5.41 Å². The van der Waals surface area contributed by atoms with Crippen LogP contribution < -0.4 is 5.32 Å². The monoisotopic (exact) mass is 202 g/mol. The molecule has 0 radical (unpaired) electrons. The largest absolute Gasteiger partial charge is 0.371 e. The number of amidine groups is 1. The topological polar surface area (TPSA) is 35.9 Å². The van der Waals surface area contributed by atoms with Crippen LogP contribution in [0.3, 0.4) is 0 Å². The Kier molecular flexibility index (Phi) is 3.38. The highest BCUT2D eigenvalue weighted by atomic mass is 15.0. The van der Waals surface area contributed by atoms with E-state index in [-0.39, 0.29) is 0 Å². The molecule has 1 aliphatic rings. The highest BCUT2D eigenvalue weighted by Gasteiger charge is 2.15. The van der Waals surface area contributed by atoms with Crippen LogP contribution in [0.1, 0.15) is 31.2 Å². The first kappa shape index (κ1) is 10.2. The molecule has 15 heavy (non-hydrogen) atoms. The lowest BCUT2D eigenvalue weighted by Crippen LogP contribution is -2.38. The van der Waals surface area contributed by atoms with Crippen LogP contribution in [0.15, 0.2) is 30.3 Å². The summed E-state index contributed by atoms with van der Waals surface area (Å²) >= 11 is 0. The smallest absolute Gasteiger partial charge is 0.0933 e. The summed E-state index contributed by atoms with van der Waals surface area (Å²) in [7, 11) is 0. The average Bonchev–Trinajstić information content (AvgIpc) is 2.28. The van der Waals surface area contributed by atoms with Gasteiger partial charge < -0.3 is 5.32 Å². The van der Waals surface area contributed by atoms with E-state index in [2.05, 4.69) is 35.6 Å². The summed E-state index contributed by atoms with van der Waals surface area (Å²) in [6.45, 7) is 0. The second-order valence-corrected chi connectivity index (χ2v) is 4.24. The average molecular weight is 202 g/mol. The molecule has 0 spiro atoms. The maximum absolute atomic E-state index is 7.59. The minimum absolute atomic E-state index is 0.520. The molecule has 2 heteroatoms. The van der Waals surface area contributed by atoms with Gasteiger partial charge in [0.2, 0.25) is 0 Å². The normalized spacial score (nSPS) is 21.1. The maximum Gasteiger partial charge on any atom is 0.0933 e. The summed E-state index contributed by atoms with van der Waals surface area (Å²) in [4.78, 5) is 0. The lowest BCUT2D eigenvalue weighted by atomic mass is 9.97. The van der Waals surface area contributed by atoms with E-state index in [9.17, 15) is 0 Å². The lowest BCUT2D eigenvalue weighted by Gasteiger charge is -2.25. The van der Waals surface area contributed by atoms with Crippen molar-refractivity contribution in [2.24, 2.45) is 0 Å². The van der Waals surface area contributed by atoms with E-state index in [0.717, 1.165) is 25.1 Å². The van der Waals surface area contributed by atoms with E-state index in [0.29, 0.717) is 6.04 Å². The molecule has 1 fully saturated rings. The molecule has 0 amide bonds. The molecule has 0 aromatic heterocycles. The fourth-order valence-electron chi connectivity index (χ4n) is 2.12. The standard InChI is InChI=1S/C13H18N2/c14-13-8-4-7-12(15-13)10-9-11-5-2-1-3-6-11/h1-3,5-6,12H,4,7-10H2,(H2,14,15). The van der Waals surface area contributed by atoms with Crippen molar-refractivity contribution in [3.63, 3.8) is 0 Å². The van der Waals surface area contributed by atoms with Gasteiger partial charge in [0.25, 0.3) is 0 Å². The van der Waals surface area contributed by atoms with Gasteiger partial charge in [-0.1, -0.05) is 30.3 Å². The van der Waals surface area contributed by atoms with Gasteiger partial charge in [-0.25, -0.2) is 0 Å². The first-order chi connectivity index (χ1) is 7.34. The summed E-state index contributed by atoms with van der Waals surface area (Å²) in [6.07, 6.45) is 5.58. The molecule has 2 N–H and O–H groups in total. The Morgan fingerprint density at radius 3 is 2.80 bits per heavy atom. The zero-order chi connectivity index (χ0) is 10.5. The van der Waals surface area contributed by atoms with E-state index in [4.69, 9.17) is 5.41 Å². The van der Waals surface area contributed by atoms with E-state index in [1.807, 2.05) is 0 Å². The molecule has 0 aliphatic carbocycles. The Bertz CT molecular complexity index is 319. The number of aryl methyl sites for hydroxylation is 1. The Balaban J connectivity index is 1.80. The highest BCUT2D eigenvalue weighted by Crippen LogP contribution is 2.13. The van der Waals surface area contributed by atoms with Crippen molar-refractivity contribution in [3.8, 4) is 0 Å². The van der Waals surface area contributed by atoms with Crippen LogP contribution in [0.25, 0.3) is 0 Å². The summed E-state index contributed by atoms with van der Waals surface area (Å²) in [5, 5.41) is 10.9. The minimum atomic E-state index is 0.520. The highest BCUT2D eigenvalue weighted by molar-refractivity contribution is 5.79. The van der Waals surface area contributed by atoms with Crippen molar-refractivity contribution in [2.45, 2.75) is 38.1 Å². The van der Waals surface area contributed by atoms with Gasteiger partial charge in [0.05, 0.1) is 5.84 Å². The van der Waals surface area contributed by atoms with E-state index < -0.39 is 0 Å². The molecule has 80 valence electrons. The third-order valence-corrected chi connectivity index (χ3v) is 2.98. The van der Waals surface area contributed by atoms with Gasteiger partial charge in [0.1, 0.15) is 0 Å². The second-order valence-electron chi connectivity index (χ2n) is 4.24. The van der Waals surface area contributed by atoms with Crippen molar-refractivity contribution in [2.75, 3.05) is 0 Å². The van der Waals surface area contributed by atoms with E-state index >= 15 is 0 Å². The quantitative estimate of drug-likeness (QED) is 0.776. The first-order valence-electron chi connectivity index (χ1n) is 5.72. The van der Waals surface area contributed by atoms with Crippen LogP contribution >= 0.6 is 0 Å². The molecule has 0 bridgehead atoms. The van der Waals surface area contributed by atoms with Crippen LogP contribution in [-0.4, -0.2) is 11.9 Å². The zero-order valence-corrected chi connectivity index (χ0v) is 9.00. The van der Waals surface area contributed by atoms with Crippen molar-refractivity contribution < 1.29 is 0 Å². The number of hydrogen-bond acceptors (Lipinski definition) is 1. The molecule has 1 aliphatic heterocycles. The fourth-order valence-corrected chi connectivity index (χ4v) is 2.12. The van der Waals surface area contributed by atoms with Crippen LogP contribution in [0.2, 0.25) is 0 Å². The Morgan fingerprint density at radius 2 is 2.07 bits per heavy atom. The third-order valence-electron chi connectivity index (χ3n) is 2.98. The number of hydrogen-bond donors (Lipinski definition) is 2. The molecule has 1 aromatic rings. The van der Waals surface area contributed by atoms with E-state index in [1.165, 1.54) is 18.4 Å². The summed E-state index contributed by atoms with van der Waals surface area (Å²) < 4.78 is 0. The predicted octanol–water partition coefficient (Wildman–Crippen LogP) is 2.74. The SMILES string of the molecule is N=C1CCCC(CCc2ccccc2)N1. The van der Waals surface area contributed by atoms with Crippen molar-refractivity contribution in [1.29, 1.82) is 5.41 Å². The molecular formula is C13H18N2. The van der Waals surface area contributed by atoms with Crippen LogP contribution in [-0.2, 0) is 6.42 Å². The molecule has 1 heterocycles. The van der Waals surface area contributed by atoms with Gasteiger partial charge in [-0.2, -0.15) is 0 Å². The van der Waals surface area contributed by atoms with Crippen LogP contribution in [0.4, 0.5) is 0 Å². The fraction of sp³-hybridized carbons (Fsp3) is 0.462. The van der Waals surface area contributed by atoms with Crippen molar-refractivity contribution in [3.05, 3.63) is 35.9 Å². The molecule has 1 saturated heterocycles. The summed E-state index contributed by atoms with van der Waals surface area (Å²) in [5.41, 5.74) is 1.40. The molecule has 1 aromatic carbocycles. The number of rotatable bonds is 3. The van der Waals surface area contributed by atoms with Gasteiger partial charge in [-0.15, -0.1) is 0 Å². The first-order valence-corrected chi connectivity index (χ1v) is 5.72. The number of piperidine rings is 1.